The molecule has 0 spiro atoms. The molecule has 94 valence electrons. The van der Waals surface area contributed by atoms with Crippen LogP contribution in [0.5, 0.6) is 11.6 Å². The summed E-state index contributed by atoms with van der Waals surface area (Å²) in [5, 5.41) is 0. The van der Waals surface area contributed by atoms with E-state index in [0.717, 1.165) is 10.0 Å². The van der Waals surface area contributed by atoms with Gasteiger partial charge in [-0.25, -0.2) is 4.98 Å². The molecule has 1 heterocycles. The topological polar surface area (TPSA) is 57.4 Å². The molecule has 0 saturated carbocycles. The van der Waals surface area contributed by atoms with Gasteiger partial charge in [-0.05, 0) is 40.2 Å². The molecular formula is C13H13BrN2O2. The third kappa shape index (κ3) is 2.73. The van der Waals surface area contributed by atoms with Gasteiger partial charge in [0.25, 0.3) is 0 Å². The van der Waals surface area contributed by atoms with Gasteiger partial charge in [0.15, 0.2) is 5.75 Å². The Balaban J connectivity index is 2.16. The van der Waals surface area contributed by atoms with Gasteiger partial charge in [-0.2, -0.15) is 0 Å². The zero-order chi connectivity index (χ0) is 13.0. The number of hydrogen-bond acceptors (Lipinski definition) is 4. The molecular weight excluding hydrogens is 296 g/mol. The van der Waals surface area contributed by atoms with Gasteiger partial charge in [0.05, 0.1) is 22.8 Å². The first kappa shape index (κ1) is 12.7. The number of nitrogens with two attached hydrogens (primary N) is 1. The van der Waals surface area contributed by atoms with Crippen molar-refractivity contribution in [1.82, 2.24) is 4.98 Å². The molecule has 2 aromatic rings. The van der Waals surface area contributed by atoms with E-state index in [1.54, 1.807) is 19.4 Å². The zero-order valence-corrected chi connectivity index (χ0v) is 11.5. The number of ether oxygens (including phenoxy) is 2. The van der Waals surface area contributed by atoms with Crippen molar-refractivity contribution in [3.05, 3.63) is 46.6 Å². The standard InChI is InChI=1S/C13H13BrN2O2/c1-17-13-9(4-3-7-16-13)8-18-12-10(14)5-2-6-11(12)15/h2-7H,8,15H2,1H3. The van der Waals surface area contributed by atoms with Gasteiger partial charge in [0.2, 0.25) is 5.88 Å². The normalized spacial score (nSPS) is 10.1. The van der Waals surface area contributed by atoms with E-state index in [9.17, 15) is 0 Å². The maximum Gasteiger partial charge on any atom is 0.219 e. The number of nitrogen functional groups attached to an aromatic ring is 1. The van der Waals surface area contributed by atoms with Crippen LogP contribution in [-0.2, 0) is 6.61 Å². The maximum atomic E-state index is 5.85. The van der Waals surface area contributed by atoms with Crippen LogP contribution in [0.1, 0.15) is 5.56 Å². The van der Waals surface area contributed by atoms with E-state index in [0.29, 0.717) is 23.9 Å². The number of rotatable bonds is 4. The molecule has 0 aliphatic carbocycles. The van der Waals surface area contributed by atoms with E-state index in [1.807, 2.05) is 24.3 Å². The second-order valence-electron chi connectivity index (χ2n) is 3.62. The molecule has 0 atom stereocenters. The van der Waals surface area contributed by atoms with Crippen LogP contribution in [0.25, 0.3) is 0 Å². The van der Waals surface area contributed by atoms with Gasteiger partial charge in [0, 0.05) is 6.20 Å². The lowest BCUT2D eigenvalue weighted by Crippen LogP contribution is -2.02. The number of methoxy groups -OCH3 is 1. The summed E-state index contributed by atoms with van der Waals surface area (Å²) >= 11 is 3.40. The molecule has 0 unspecified atom stereocenters. The Bertz CT molecular complexity index is 526. The van der Waals surface area contributed by atoms with Gasteiger partial charge in [0.1, 0.15) is 6.61 Å². The highest BCUT2D eigenvalue weighted by Crippen LogP contribution is 2.32. The van der Waals surface area contributed by atoms with Crippen LogP contribution >= 0.6 is 15.9 Å². The highest BCUT2D eigenvalue weighted by Gasteiger charge is 2.08. The van der Waals surface area contributed by atoms with Crippen LogP contribution in [0.15, 0.2) is 41.0 Å². The Morgan fingerprint density at radius 3 is 2.83 bits per heavy atom. The largest absolute Gasteiger partial charge is 0.485 e. The number of benzene rings is 1. The predicted molar refractivity (Wildman–Crippen MR) is 73.7 cm³/mol. The van der Waals surface area contributed by atoms with Crippen LogP contribution < -0.4 is 15.2 Å². The summed E-state index contributed by atoms with van der Waals surface area (Å²) in [7, 11) is 1.58. The minimum atomic E-state index is 0.351. The lowest BCUT2D eigenvalue weighted by atomic mass is 10.2. The quantitative estimate of drug-likeness (QED) is 0.882. The second-order valence-corrected chi connectivity index (χ2v) is 4.47. The van der Waals surface area contributed by atoms with Gasteiger partial charge in [-0.15, -0.1) is 0 Å². The molecule has 1 aromatic heterocycles. The summed E-state index contributed by atoms with van der Waals surface area (Å²) in [4.78, 5) is 4.11. The van der Waals surface area contributed by atoms with Crippen molar-refractivity contribution in [2.75, 3.05) is 12.8 Å². The minimum absolute atomic E-state index is 0.351. The number of pyridine rings is 1. The lowest BCUT2D eigenvalue weighted by Gasteiger charge is -2.12. The average molecular weight is 309 g/mol. The third-order valence-electron chi connectivity index (χ3n) is 2.41. The molecule has 0 saturated heterocycles. The van der Waals surface area contributed by atoms with E-state index >= 15 is 0 Å². The zero-order valence-electron chi connectivity index (χ0n) is 9.89. The molecule has 0 aliphatic rings. The molecule has 2 N–H and O–H groups in total. The van der Waals surface area contributed by atoms with Gasteiger partial charge in [-0.3, -0.25) is 0 Å². The first-order valence-corrected chi connectivity index (χ1v) is 6.16. The average Bonchev–Trinajstić information content (AvgIpc) is 2.38. The minimum Gasteiger partial charge on any atom is -0.485 e. The Morgan fingerprint density at radius 1 is 1.28 bits per heavy atom. The van der Waals surface area contributed by atoms with Gasteiger partial charge < -0.3 is 15.2 Å². The van der Waals surface area contributed by atoms with Crippen molar-refractivity contribution in [2.45, 2.75) is 6.61 Å². The van der Waals surface area contributed by atoms with Crippen LogP contribution in [0, 0.1) is 0 Å². The summed E-state index contributed by atoms with van der Waals surface area (Å²) in [6, 6.07) is 9.27. The maximum absolute atomic E-state index is 5.85. The Hall–Kier alpha value is -1.75. The smallest absolute Gasteiger partial charge is 0.219 e. The number of aromatic nitrogens is 1. The highest BCUT2D eigenvalue weighted by atomic mass is 79.9. The van der Waals surface area contributed by atoms with Crippen LogP contribution in [0.3, 0.4) is 0 Å². The Labute approximate surface area is 114 Å². The SMILES string of the molecule is COc1ncccc1COc1c(N)cccc1Br. The first-order valence-electron chi connectivity index (χ1n) is 5.37. The number of nitrogens with zero attached hydrogens (tertiary/aromatic N) is 1. The predicted octanol–water partition coefficient (Wildman–Crippen LogP) is 3.01. The van der Waals surface area contributed by atoms with Crippen molar-refractivity contribution in [3.63, 3.8) is 0 Å². The van der Waals surface area contributed by atoms with Crippen molar-refractivity contribution in [1.29, 1.82) is 0 Å². The fraction of sp³-hybridized carbons (Fsp3) is 0.154. The van der Waals surface area contributed by atoms with Crippen molar-refractivity contribution < 1.29 is 9.47 Å². The molecule has 1 aromatic carbocycles. The molecule has 0 radical (unpaired) electrons. The van der Waals surface area contributed by atoms with E-state index in [-0.39, 0.29) is 0 Å². The lowest BCUT2D eigenvalue weighted by molar-refractivity contribution is 0.293. The number of para-hydroxylation sites is 1. The van der Waals surface area contributed by atoms with Crippen molar-refractivity contribution in [2.24, 2.45) is 0 Å². The van der Waals surface area contributed by atoms with Crippen LogP contribution in [-0.4, -0.2) is 12.1 Å². The van der Waals surface area contributed by atoms with Crippen molar-refractivity contribution in [3.8, 4) is 11.6 Å². The Morgan fingerprint density at radius 2 is 2.11 bits per heavy atom. The van der Waals surface area contributed by atoms with E-state index < -0.39 is 0 Å². The molecule has 0 amide bonds. The molecule has 0 fully saturated rings. The molecule has 0 bridgehead atoms. The fourth-order valence-corrected chi connectivity index (χ4v) is 2.04. The Kier molecular flexibility index (Phi) is 4.04. The van der Waals surface area contributed by atoms with E-state index in [4.69, 9.17) is 15.2 Å². The number of anilines is 1. The molecule has 5 heteroatoms. The molecule has 18 heavy (non-hydrogen) atoms. The summed E-state index contributed by atoms with van der Waals surface area (Å²) in [6.45, 7) is 0.351. The third-order valence-corrected chi connectivity index (χ3v) is 3.04. The molecule has 0 aliphatic heterocycles. The fourth-order valence-electron chi connectivity index (χ4n) is 1.55. The second kappa shape index (κ2) is 5.73. The first-order chi connectivity index (χ1) is 8.72. The summed E-state index contributed by atoms with van der Waals surface area (Å²) in [6.07, 6.45) is 1.68. The summed E-state index contributed by atoms with van der Waals surface area (Å²) in [5.41, 5.74) is 7.31. The van der Waals surface area contributed by atoms with Crippen molar-refractivity contribution >= 4 is 21.6 Å². The number of halogens is 1. The molecule has 4 nitrogen and oxygen atoms in total. The summed E-state index contributed by atoms with van der Waals surface area (Å²) < 4.78 is 11.7. The van der Waals surface area contributed by atoms with Gasteiger partial charge >= 0.3 is 0 Å². The molecule has 2 rings (SSSR count). The van der Waals surface area contributed by atoms with Crippen LogP contribution in [0.4, 0.5) is 5.69 Å². The van der Waals surface area contributed by atoms with Crippen LogP contribution in [0.2, 0.25) is 0 Å². The van der Waals surface area contributed by atoms with Gasteiger partial charge in [-0.1, -0.05) is 6.07 Å². The number of hydrogen-bond donors (Lipinski definition) is 1. The van der Waals surface area contributed by atoms with E-state index in [2.05, 4.69) is 20.9 Å². The van der Waals surface area contributed by atoms with E-state index in [1.165, 1.54) is 0 Å². The monoisotopic (exact) mass is 308 g/mol. The summed E-state index contributed by atoms with van der Waals surface area (Å²) in [5.74, 6) is 1.19. The highest BCUT2D eigenvalue weighted by molar-refractivity contribution is 9.10.